The third-order valence-corrected chi connectivity index (χ3v) is 6.02. The number of hydrogen-bond acceptors (Lipinski definition) is 4. The Morgan fingerprint density at radius 3 is 2.03 bits per heavy atom. The zero-order valence-electron chi connectivity index (χ0n) is 16.7. The summed E-state index contributed by atoms with van der Waals surface area (Å²) in [5.41, 5.74) is 0.286. The van der Waals surface area contributed by atoms with Crippen molar-refractivity contribution in [3.63, 3.8) is 0 Å². The molecule has 0 spiro atoms. The lowest BCUT2D eigenvalue weighted by Crippen LogP contribution is -2.58. The van der Waals surface area contributed by atoms with E-state index in [1.165, 1.54) is 12.1 Å². The molecule has 0 aliphatic carbocycles. The highest BCUT2D eigenvalue weighted by molar-refractivity contribution is 6.33. The van der Waals surface area contributed by atoms with Crippen molar-refractivity contribution in [3.8, 4) is 0 Å². The minimum Gasteiger partial charge on any atom is -0.339 e. The van der Waals surface area contributed by atoms with Crippen LogP contribution in [0.4, 0.5) is 4.39 Å². The van der Waals surface area contributed by atoms with E-state index >= 15 is 0 Å². The summed E-state index contributed by atoms with van der Waals surface area (Å²) >= 11 is 6.01. The van der Waals surface area contributed by atoms with Crippen LogP contribution in [0.15, 0.2) is 18.2 Å². The van der Waals surface area contributed by atoms with Gasteiger partial charge in [0.15, 0.2) is 0 Å². The van der Waals surface area contributed by atoms with Gasteiger partial charge in [-0.3, -0.25) is 19.3 Å². The molecule has 3 rings (SSSR count). The molecule has 2 fully saturated rings. The molecule has 1 aromatic rings. The van der Waals surface area contributed by atoms with Crippen molar-refractivity contribution in [3.05, 3.63) is 34.6 Å². The maximum absolute atomic E-state index is 13.2. The van der Waals surface area contributed by atoms with Crippen LogP contribution in [0.5, 0.6) is 0 Å². The third kappa shape index (κ3) is 4.87. The fourth-order valence-electron chi connectivity index (χ4n) is 3.81. The van der Waals surface area contributed by atoms with Crippen molar-refractivity contribution in [2.45, 2.75) is 19.9 Å². The predicted octanol–water partition coefficient (Wildman–Crippen LogP) is 1.32. The number of nitrogens with zero attached hydrogens (tertiary/aromatic N) is 4. The standard InChI is InChI=1S/C20H26ClFN4O3/c1-14(19(28)25-11-7-24(8-12-25)15(2)27)23-5-9-26(10-6-23)20(29)17-4-3-16(22)13-18(17)21/h3-4,13-14H,5-12H2,1-2H3. The van der Waals surface area contributed by atoms with Gasteiger partial charge in [0.25, 0.3) is 5.91 Å². The largest absolute Gasteiger partial charge is 0.339 e. The molecule has 1 atom stereocenters. The number of piperazine rings is 2. The zero-order chi connectivity index (χ0) is 21.1. The molecule has 9 heteroatoms. The number of carbonyl (C=O) groups is 3. The van der Waals surface area contributed by atoms with Crippen LogP contribution in [-0.4, -0.2) is 95.7 Å². The van der Waals surface area contributed by atoms with Crippen LogP contribution in [0.25, 0.3) is 0 Å². The molecular formula is C20H26ClFN4O3. The molecule has 2 aliphatic heterocycles. The molecule has 0 N–H and O–H groups in total. The van der Waals surface area contributed by atoms with E-state index in [0.29, 0.717) is 52.4 Å². The first-order valence-electron chi connectivity index (χ1n) is 9.80. The fraction of sp³-hybridized carbons (Fsp3) is 0.550. The van der Waals surface area contributed by atoms with Gasteiger partial charge in [0.05, 0.1) is 16.6 Å². The van der Waals surface area contributed by atoms with E-state index in [1.54, 1.807) is 21.6 Å². The van der Waals surface area contributed by atoms with Gasteiger partial charge in [-0.05, 0) is 25.1 Å². The fourth-order valence-corrected chi connectivity index (χ4v) is 4.06. The zero-order valence-corrected chi connectivity index (χ0v) is 17.5. The van der Waals surface area contributed by atoms with Gasteiger partial charge in [0.2, 0.25) is 11.8 Å². The molecular weight excluding hydrogens is 399 g/mol. The van der Waals surface area contributed by atoms with Crippen molar-refractivity contribution >= 4 is 29.3 Å². The topological polar surface area (TPSA) is 64.2 Å². The average Bonchev–Trinajstić information content (AvgIpc) is 2.72. The molecule has 1 aromatic carbocycles. The van der Waals surface area contributed by atoms with Gasteiger partial charge < -0.3 is 14.7 Å². The first-order valence-corrected chi connectivity index (χ1v) is 10.2. The van der Waals surface area contributed by atoms with Crippen LogP contribution in [0, 0.1) is 5.82 Å². The molecule has 158 valence electrons. The normalized spacial score (nSPS) is 19.2. The van der Waals surface area contributed by atoms with Crippen molar-refractivity contribution in [1.82, 2.24) is 19.6 Å². The lowest BCUT2D eigenvalue weighted by atomic mass is 10.1. The second-order valence-corrected chi connectivity index (χ2v) is 7.87. The molecule has 0 aromatic heterocycles. The van der Waals surface area contributed by atoms with Crippen molar-refractivity contribution in [2.75, 3.05) is 52.4 Å². The first kappa shape index (κ1) is 21.5. The summed E-state index contributed by atoms with van der Waals surface area (Å²) in [7, 11) is 0. The Hall–Kier alpha value is -2.19. The first-order chi connectivity index (χ1) is 13.8. The number of amides is 3. The van der Waals surface area contributed by atoms with Gasteiger partial charge in [-0.1, -0.05) is 11.6 Å². The lowest BCUT2D eigenvalue weighted by Gasteiger charge is -2.41. The molecule has 7 nitrogen and oxygen atoms in total. The molecule has 3 amide bonds. The Balaban J connectivity index is 1.52. The monoisotopic (exact) mass is 424 g/mol. The summed E-state index contributed by atoms with van der Waals surface area (Å²) in [5, 5.41) is 0.102. The van der Waals surface area contributed by atoms with Crippen LogP contribution in [0.3, 0.4) is 0 Å². The van der Waals surface area contributed by atoms with Crippen LogP contribution < -0.4 is 0 Å². The quantitative estimate of drug-likeness (QED) is 0.734. The van der Waals surface area contributed by atoms with Crippen LogP contribution in [0.2, 0.25) is 5.02 Å². The average molecular weight is 425 g/mol. The minimum absolute atomic E-state index is 0.0344. The number of hydrogen-bond donors (Lipinski definition) is 0. The Morgan fingerprint density at radius 2 is 1.48 bits per heavy atom. The molecule has 0 saturated carbocycles. The third-order valence-electron chi connectivity index (χ3n) is 5.70. The van der Waals surface area contributed by atoms with Gasteiger partial charge in [-0.2, -0.15) is 0 Å². The molecule has 1 unspecified atom stereocenters. The summed E-state index contributed by atoms with van der Waals surface area (Å²) in [6, 6.07) is 3.48. The van der Waals surface area contributed by atoms with Crippen LogP contribution in [0.1, 0.15) is 24.2 Å². The minimum atomic E-state index is -0.479. The second-order valence-electron chi connectivity index (χ2n) is 7.46. The van der Waals surface area contributed by atoms with E-state index in [4.69, 9.17) is 11.6 Å². The van der Waals surface area contributed by atoms with Gasteiger partial charge >= 0.3 is 0 Å². The van der Waals surface area contributed by atoms with Crippen LogP contribution in [-0.2, 0) is 9.59 Å². The van der Waals surface area contributed by atoms with E-state index in [1.807, 2.05) is 6.92 Å². The van der Waals surface area contributed by atoms with E-state index in [0.717, 1.165) is 6.07 Å². The highest BCUT2D eigenvalue weighted by Crippen LogP contribution is 2.20. The lowest BCUT2D eigenvalue weighted by molar-refractivity contribution is -0.142. The van der Waals surface area contributed by atoms with E-state index in [2.05, 4.69) is 4.90 Å². The Bertz CT molecular complexity index is 790. The summed E-state index contributed by atoms with van der Waals surface area (Å²) in [5.74, 6) is -0.622. The number of rotatable bonds is 3. The maximum atomic E-state index is 13.2. The number of benzene rings is 1. The van der Waals surface area contributed by atoms with Gasteiger partial charge in [-0.15, -0.1) is 0 Å². The smallest absolute Gasteiger partial charge is 0.255 e. The SMILES string of the molecule is CC(=O)N1CCN(C(=O)C(C)N2CCN(C(=O)c3ccc(F)cc3Cl)CC2)CC1. The van der Waals surface area contributed by atoms with Gasteiger partial charge in [0, 0.05) is 59.3 Å². The summed E-state index contributed by atoms with van der Waals surface area (Å²) in [4.78, 5) is 44.2. The molecule has 0 radical (unpaired) electrons. The van der Waals surface area contributed by atoms with E-state index < -0.39 is 5.82 Å². The number of halogens is 2. The highest BCUT2D eigenvalue weighted by atomic mass is 35.5. The Morgan fingerprint density at radius 1 is 0.931 bits per heavy atom. The predicted molar refractivity (Wildman–Crippen MR) is 107 cm³/mol. The van der Waals surface area contributed by atoms with E-state index in [9.17, 15) is 18.8 Å². The van der Waals surface area contributed by atoms with E-state index in [-0.39, 0.29) is 34.3 Å². The molecule has 29 heavy (non-hydrogen) atoms. The number of carbonyl (C=O) groups excluding carboxylic acids is 3. The summed E-state index contributed by atoms with van der Waals surface area (Å²) in [6.07, 6.45) is 0. The Kier molecular flexibility index (Phi) is 6.74. The molecule has 2 aliphatic rings. The van der Waals surface area contributed by atoms with Gasteiger partial charge in [0.1, 0.15) is 5.82 Å². The van der Waals surface area contributed by atoms with Crippen molar-refractivity contribution < 1.29 is 18.8 Å². The summed E-state index contributed by atoms with van der Waals surface area (Å²) in [6.45, 7) is 7.74. The highest BCUT2D eigenvalue weighted by Gasteiger charge is 2.32. The maximum Gasteiger partial charge on any atom is 0.255 e. The summed E-state index contributed by atoms with van der Waals surface area (Å²) < 4.78 is 13.2. The van der Waals surface area contributed by atoms with Crippen molar-refractivity contribution in [1.29, 1.82) is 0 Å². The Labute approximate surface area is 175 Å². The second kappa shape index (κ2) is 9.09. The molecule has 0 bridgehead atoms. The van der Waals surface area contributed by atoms with Crippen LogP contribution >= 0.6 is 11.6 Å². The molecule has 2 heterocycles. The van der Waals surface area contributed by atoms with Crippen molar-refractivity contribution in [2.24, 2.45) is 0 Å². The van der Waals surface area contributed by atoms with Gasteiger partial charge in [-0.25, -0.2) is 4.39 Å². The molecule has 2 saturated heterocycles.